The summed E-state index contributed by atoms with van der Waals surface area (Å²) in [4.78, 5) is 18.6. The maximum absolute atomic E-state index is 12.7. The van der Waals surface area contributed by atoms with Gasteiger partial charge in [0.2, 0.25) is 0 Å². The van der Waals surface area contributed by atoms with Gasteiger partial charge in [-0.25, -0.2) is 4.98 Å². The molecule has 8 nitrogen and oxygen atoms in total. The number of nitrogens with one attached hydrogen (secondary N) is 1. The zero-order valence-electron chi connectivity index (χ0n) is 16.5. The summed E-state index contributed by atoms with van der Waals surface area (Å²) >= 11 is 0. The molecule has 0 amide bonds. The first-order valence-corrected chi connectivity index (χ1v) is 11.5. The van der Waals surface area contributed by atoms with Crippen LogP contribution in [-0.2, 0) is 26.3 Å². The minimum absolute atomic E-state index is 0.170. The number of hydrogen-bond acceptors (Lipinski definition) is 6. The third-order valence-corrected chi connectivity index (χ3v) is 6.81. The molecule has 2 saturated heterocycles. The smallest absolute Gasteiger partial charge is 0.310 e. The van der Waals surface area contributed by atoms with Gasteiger partial charge in [0.1, 0.15) is 5.82 Å². The summed E-state index contributed by atoms with van der Waals surface area (Å²) in [5.74, 6) is 0.191. The van der Waals surface area contributed by atoms with E-state index in [2.05, 4.69) is 14.6 Å². The van der Waals surface area contributed by atoms with Crippen molar-refractivity contribution in [1.82, 2.24) is 14.0 Å². The van der Waals surface area contributed by atoms with Gasteiger partial charge >= 0.3 is 5.97 Å². The summed E-state index contributed by atoms with van der Waals surface area (Å²) in [6.07, 6.45) is 6.61. The number of aromatic nitrogens is 1. The minimum Gasteiger partial charge on any atom is -0.466 e. The number of carbonyl (C=O) groups is 1. The molecule has 0 unspecified atom stereocenters. The molecule has 28 heavy (non-hydrogen) atoms. The Morgan fingerprint density at radius 2 is 2.04 bits per heavy atom. The van der Waals surface area contributed by atoms with E-state index in [1.807, 2.05) is 12.1 Å². The van der Waals surface area contributed by atoms with Crippen molar-refractivity contribution in [3.8, 4) is 0 Å². The summed E-state index contributed by atoms with van der Waals surface area (Å²) < 4.78 is 34.5. The van der Waals surface area contributed by atoms with Crippen LogP contribution in [0, 0.1) is 5.92 Å². The van der Waals surface area contributed by atoms with Gasteiger partial charge in [0.15, 0.2) is 0 Å². The van der Waals surface area contributed by atoms with Crippen molar-refractivity contribution in [3.63, 3.8) is 0 Å². The van der Waals surface area contributed by atoms with Crippen molar-refractivity contribution >= 4 is 22.0 Å². The average molecular weight is 411 g/mol. The van der Waals surface area contributed by atoms with E-state index < -0.39 is 16.1 Å². The van der Waals surface area contributed by atoms with E-state index in [9.17, 15) is 13.2 Å². The number of piperidine rings is 2. The summed E-state index contributed by atoms with van der Waals surface area (Å²) in [5, 5.41) is 0. The summed E-state index contributed by atoms with van der Waals surface area (Å²) in [7, 11) is -3.66. The quantitative estimate of drug-likeness (QED) is 0.688. The molecule has 3 rings (SSSR count). The molecule has 0 saturated carbocycles. The monoisotopic (exact) mass is 410 g/mol. The first-order chi connectivity index (χ1) is 13.5. The van der Waals surface area contributed by atoms with Crippen molar-refractivity contribution in [3.05, 3.63) is 23.9 Å². The molecule has 0 bridgehead atoms. The van der Waals surface area contributed by atoms with E-state index in [0.717, 1.165) is 37.3 Å². The lowest BCUT2D eigenvalue weighted by Gasteiger charge is -2.30. The standard InChI is InChI=1S/C19H30N4O4S/c1-2-27-19(24)17-7-6-12-23(15-17)28(25,26)21-14-16-8-9-20-18(13-16)22-10-4-3-5-11-22/h8-9,13,17,21H,2-7,10-12,14-15H2,1H3/t17-/m0/s1. The molecule has 0 radical (unpaired) electrons. The SMILES string of the molecule is CCOC(=O)[C@H]1CCCN(S(=O)(=O)NCc2ccnc(N3CCCCC3)c2)C1. The molecule has 1 atom stereocenters. The molecule has 3 heterocycles. The maximum atomic E-state index is 12.7. The van der Waals surface area contributed by atoms with Crippen molar-refractivity contribution in [1.29, 1.82) is 0 Å². The summed E-state index contributed by atoms with van der Waals surface area (Å²) in [6.45, 7) is 4.83. The van der Waals surface area contributed by atoms with Crippen LogP contribution in [0.4, 0.5) is 5.82 Å². The highest BCUT2D eigenvalue weighted by atomic mass is 32.2. The second-order valence-corrected chi connectivity index (χ2v) is 9.10. The number of anilines is 1. The molecular weight excluding hydrogens is 380 g/mol. The largest absolute Gasteiger partial charge is 0.466 e. The van der Waals surface area contributed by atoms with Crippen LogP contribution in [-0.4, -0.2) is 56.5 Å². The number of ether oxygens (including phenoxy) is 1. The van der Waals surface area contributed by atoms with Crippen LogP contribution in [0.1, 0.15) is 44.6 Å². The molecule has 2 aliphatic rings. The van der Waals surface area contributed by atoms with Crippen LogP contribution in [0.15, 0.2) is 18.3 Å². The van der Waals surface area contributed by atoms with Crippen LogP contribution >= 0.6 is 0 Å². The number of pyridine rings is 1. The molecular formula is C19H30N4O4S. The first kappa shape index (κ1) is 21.0. The van der Waals surface area contributed by atoms with Gasteiger partial charge in [-0.3, -0.25) is 4.79 Å². The van der Waals surface area contributed by atoms with Crippen molar-refractivity contribution < 1.29 is 17.9 Å². The van der Waals surface area contributed by atoms with E-state index in [4.69, 9.17) is 4.74 Å². The fourth-order valence-electron chi connectivity index (χ4n) is 3.75. The molecule has 1 aromatic heterocycles. The predicted octanol–water partition coefficient (Wildman–Crippen LogP) is 1.68. The van der Waals surface area contributed by atoms with E-state index in [1.54, 1.807) is 13.1 Å². The lowest BCUT2D eigenvalue weighted by molar-refractivity contribution is -0.149. The third kappa shape index (κ3) is 5.42. The highest BCUT2D eigenvalue weighted by Gasteiger charge is 2.32. The lowest BCUT2D eigenvalue weighted by Crippen LogP contribution is -2.47. The van der Waals surface area contributed by atoms with Crippen LogP contribution in [0.3, 0.4) is 0 Å². The second kappa shape index (κ2) is 9.67. The van der Waals surface area contributed by atoms with Crippen molar-refractivity contribution in [2.45, 2.75) is 45.6 Å². The van der Waals surface area contributed by atoms with Crippen LogP contribution in [0.25, 0.3) is 0 Å². The van der Waals surface area contributed by atoms with E-state index >= 15 is 0 Å². The number of nitrogens with zero attached hydrogens (tertiary/aromatic N) is 3. The second-order valence-electron chi connectivity index (χ2n) is 7.35. The fourth-order valence-corrected chi connectivity index (χ4v) is 5.02. The predicted molar refractivity (Wildman–Crippen MR) is 107 cm³/mol. The highest BCUT2D eigenvalue weighted by Crippen LogP contribution is 2.21. The van der Waals surface area contributed by atoms with Crippen molar-refractivity contribution in [2.24, 2.45) is 5.92 Å². The van der Waals surface area contributed by atoms with Gasteiger partial charge in [-0.2, -0.15) is 17.4 Å². The third-order valence-electron chi connectivity index (χ3n) is 5.29. The highest BCUT2D eigenvalue weighted by molar-refractivity contribution is 7.87. The van der Waals surface area contributed by atoms with Gasteiger partial charge in [-0.15, -0.1) is 0 Å². The Labute approximate surface area is 167 Å². The Morgan fingerprint density at radius 3 is 2.79 bits per heavy atom. The number of rotatable bonds is 7. The molecule has 2 aliphatic heterocycles. The normalized spacial score (nSPS) is 21.5. The average Bonchev–Trinajstić information content (AvgIpc) is 2.73. The number of carbonyl (C=O) groups excluding carboxylic acids is 1. The molecule has 0 spiro atoms. The van der Waals surface area contributed by atoms with Crippen LogP contribution in [0.2, 0.25) is 0 Å². The van der Waals surface area contributed by atoms with E-state index in [-0.39, 0.29) is 19.1 Å². The number of esters is 1. The van der Waals surface area contributed by atoms with Crippen LogP contribution in [0.5, 0.6) is 0 Å². The van der Waals surface area contributed by atoms with Crippen LogP contribution < -0.4 is 9.62 Å². The Morgan fingerprint density at radius 1 is 1.25 bits per heavy atom. The van der Waals surface area contributed by atoms with E-state index in [1.165, 1.54) is 10.7 Å². The molecule has 0 aliphatic carbocycles. The zero-order valence-corrected chi connectivity index (χ0v) is 17.3. The fraction of sp³-hybridized carbons (Fsp3) is 0.684. The first-order valence-electron chi connectivity index (χ1n) is 10.1. The molecule has 0 aromatic carbocycles. The maximum Gasteiger partial charge on any atom is 0.310 e. The van der Waals surface area contributed by atoms with Gasteiger partial charge < -0.3 is 9.64 Å². The van der Waals surface area contributed by atoms with Gasteiger partial charge in [0.25, 0.3) is 10.2 Å². The molecule has 1 N–H and O–H groups in total. The molecule has 156 valence electrons. The molecule has 9 heteroatoms. The number of hydrogen-bond donors (Lipinski definition) is 1. The zero-order chi connectivity index (χ0) is 20.0. The van der Waals surface area contributed by atoms with Gasteiger partial charge in [0.05, 0.1) is 12.5 Å². The minimum atomic E-state index is -3.66. The molecule has 2 fully saturated rings. The van der Waals surface area contributed by atoms with E-state index in [0.29, 0.717) is 26.0 Å². The Hall–Kier alpha value is -1.71. The van der Waals surface area contributed by atoms with Gasteiger partial charge in [-0.1, -0.05) is 0 Å². The Bertz CT molecular complexity index is 765. The Balaban J connectivity index is 1.59. The topological polar surface area (TPSA) is 91.8 Å². The van der Waals surface area contributed by atoms with Crippen molar-refractivity contribution in [2.75, 3.05) is 37.7 Å². The Kier molecular flexibility index (Phi) is 7.25. The lowest BCUT2D eigenvalue weighted by atomic mass is 10.0. The summed E-state index contributed by atoms with van der Waals surface area (Å²) in [5.41, 5.74) is 0.873. The van der Waals surface area contributed by atoms with Gasteiger partial charge in [0, 0.05) is 38.9 Å². The summed E-state index contributed by atoms with van der Waals surface area (Å²) in [6, 6.07) is 3.78. The van der Waals surface area contributed by atoms with Gasteiger partial charge in [-0.05, 0) is 56.7 Å². The molecule has 1 aromatic rings.